The van der Waals surface area contributed by atoms with Gasteiger partial charge in [0.1, 0.15) is 11.5 Å². The molecule has 2 heterocycles. The van der Waals surface area contributed by atoms with Crippen LogP contribution in [0.15, 0.2) is 33.4 Å². The van der Waals surface area contributed by atoms with E-state index in [1.165, 1.54) is 0 Å². The minimum absolute atomic E-state index is 0.0560. The maximum Gasteiger partial charge on any atom is 0.276 e. The van der Waals surface area contributed by atoms with E-state index in [1.807, 2.05) is 17.0 Å². The number of hydrogen-bond acceptors (Lipinski definition) is 4. The summed E-state index contributed by atoms with van der Waals surface area (Å²) in [5.74, 6) is 2.07. The molecule has 0 atom stereocenters. The van der Waals surface area contributed by atoms with Crippen LogP contribution in [0, 0.1) is 0 Å². The monoisotopic (exact) mass is 272 g/mol. The van der Waals surface area contributed by atoms with Gasteiger partial charge in [0.05, 0.1) is 12.8 Å². The van der Waals surface area contributed by atoms with E-state index >= 15 is 0 Å². The van der Waals surface area contributed by atoms with E-state index in [9.17, 15) is 4.79 Å². The maximum atomic E-state index is 12.6. The number of carbonyl (C=O) groups excluding carboxylic acids is 1. The van der Waals surface area contributed by atoms with Crippen LogP contribution in [-0.2, 0) is 6.54 Å². The Balaban J connectivity index is 1.53. The summed E-state index contributed by atoms with van der Waals surface area (Å²) in [7, 11) is 0. The topological polar surface area (TPSA) is 59.5 Å². The molecule has 0 saturated heterocycles. The van der Waals surface area contributed by atoms with Crippen LogP contribution in [0.3, 0.4) is 0 Å². The summed E-state index contributed by atoms with van der Waals surface area (Å²) in [6.45, 7) is 0.502. The summed E-state index contributed by atoms with van der Waals surface area (Å²) < 4.78 is 10.6. The molecule has 0 N–H and O–H groups in total. The molecule has 2 aliphatic carbocycles. The van der Waals surface area contributed by atoms with Crippen LogP contribution in [-0.4, -0.2) is 22.0 Å². The van der Waals surface area contributed by atoms with Crippen LogP contribution in [0.25, 0.3) is 0 Å². The molecule has 20 heavy (non-hydrogen) atoms. The second kappa shape index (κ2) is 4.51. The third kappa shape index (κ3) is 2.24. The highest BCUT2D eigenvalue weighted by atomic mass is 16.5. The zero-order valence-corrected chi connectivity index (χ0v) is 11.1. The molecule has 5 nitrogen and oxygen atoms in total. The van der Waals surface area contributed by atoms with Gasteiger partial charge in [0.25, 0.3) is 5.91 Å². The highest BCUT2D eigenvalue weighted by Gasteiger charge is 2.36. The first kappa shape index (κ1) is 11.8. The number of carbonyl (C=O) groups is 1. The van der Waals surface area contributed by atoms with Gasteiger partial charge in [0, 0.05) is 18.0 Å². The van der Waals surface area contributed by atoms with E-state index < -0.39 is 0 Å². The molecule has 2 aromatic heterocycles. The van der Waals surface area contributed by atoms with Crippen molar-refractivity contribution in [3.8, 4) is 0 Å². The molecule has 1 amide bonds. The summed E-state index contributed by atoms with van der Waals surface area (Å²) >= 11 is 0. The van der Waals surface area contributed by atoms with E-state index in [0.717, 1.165) is 37.2 Å². The van der Waals surface area contributed by atoms with Crippen molar-refractivity contribution < 1.29 is 13.7 Å². The number of furan rings is 1. The SMILES string of the molecule is O=C(c1cc(C2CC2)on1)N(Cc1ccco1)C1CC1. The van der Waals surface area contributed by atoms with Crippen LogP contribution in [0.5, 0.6) is 0 Å². The van der Waals surface area contributed by atoms with Crippen LogP contribution < -0.4 is 0 Å². The largest absolute Gasteiger partial charge is 0.467 e. The van der Waals surface area contributed by atoms with Gasteiger partial charge in [0.15, 0.2) is 5.69 Å². The fraction of sp³-hybridized carbons (Fsp3) is 0.467. The smallest absolute Gasteiger partial charge is 0.276 e. The lowest BCUT2D eigenvalue weighted by molar-refractivity contribution is 0.0707. The summed E-state index contributed by atoms with van der Waals surface area (Å²) in [6, 6.07) is 5.85. The molecule has 2 saturated carbocycles. The summed E-state index contributed by atoms with van der Waals surface area (Å²) in [5.41, 5.74) is 0.422. The molecule has 4 rings (SSSR count). The third-order valence-electron chi connectivity index (χ3n) is 3.88. The minimum Gasteiger partial charge on any atom is -0.467 e. The van der Waals surface area contributed by atoms with E-state index in [1.54, 1.807) is 12.3 Å². The predicted molar refractivity (Wildman–Crippen MR) is 70.1 cm³/mol. The van der Waals surface area contributed by atoms with Crippen LogP contribution >= 0.6 is 0 Å². The van der Waals surface area contributed by atoms with Gasteiger partial charge in [-0.2, -0.15) is 0 Å². The maximum absolute atomic E-state index is 12.6. The fourth-order valence-electron chi connectivity index (χ4n) is 2.42. The fourth-order valence-corrected chi connectivity index (χ4v) is 2.42. The van der Waals surface area contributed by atoms with Crippen LogP contribution in [0.2, 0.25) is 0 Å². The normalized spacial score (nSPS) is 18.2. The van der Waals surface area contributed by atoms with Crippen molar-refractivity contribution in [2.24, 2.45) is 0 Å². The van der Waals surface area contributed by atoms with Gasteiger partial charge in [-0.1, -0.05) is 5.16 Å². The Morgan fingerprint density at radius 3 is 2.85 bits per heavy atom. The molecule has 0 aliphatic heterocycles. The number of rotatable bonds is 5. The Morgan fingerprint density at radius 1 is 1.35 bits per heavy atom. The molecule has 0 unspecified atom stereocenters. The van der Waals surface area contributed by atoms with Gasteiger partial charge >= 0.3 is 0 Å². The number of amides is 1. The Labute approximate surface area is 116 Å². The van der Waals surface area contributed by atoms with Gasteiger partial charge in [0.2, 0.25) is 0 Å². The molecule has 2 aliphatic rings. The lowest BCUT2D eigenvalue weighted by Gasteiger charge is -2.19. The van der Waals surface area contributed by atoms with Crippen molar-refractivity contribution in [1.29, 1.82) is 0 Å². The first-order valence-electron chi connectivity index (χ1n) is 7.11. The molecule has 0 bridgehead atoms. The first-order valence-corrected chi connectivity index (χ1v) is 7.11. The highest BCUT2D eigenvalue weighted by Crippen LogP contribution is 2.40. The van der Waals surface area contributed by atoms with Crippen molar-refractivity contribution in [3.63, 3.8) is 0 Å². The number of hydrogen-bond donors (Lipinski definition) is 0. The molecular formula is C15H16N2O3. The zero-order valence-electron chi connectivity index (χ0n) is 11.1. The van der Waals surface area contributed by atoms with Gasteiger partial charge in [-0.25, -0.2) is 0 Å². The Kier molecular flexibility index (Phi) is 2.65. The van der Waals surface area contributed by atoms with Crippen molar-refractivity contribution >= 4 is 5.91 Å². The zero-order chi connectivity index (χ0) is 13.5. The van der Waals surface area contributed by atoms with E-state index in [0.29, 0.717) is 24.2 Å². The molecule has 0 spiro atoms. The molecule has 2 fully saturated rings. The average Bonchev–Trinajstić information content (AvgIpc) is 3.39. The molecule has 104 valence electrons. The summed E-state index contributed by atoms with van der Waals surface area (Å²) in [5, 5.41) is 3.94. The second-order valence-electron chi connectivity index (χ2n) is 5.63. The minimum atomic E-state index is -0.0560. The Hall–Kier alpha value is -2.04. The van der Waals surface area contributed by atoms with Crippen LogP contribution in [0.1, 0.15) is 53.6 Å². The lowest BCUT2D eigenvalue weighted by atomic mass is 10.2. The van der Waals surface area contributed by atoms with E-state index in [4.69, 9.17) is 8.94 Å². The molecule has 5 heteroatoms. The third-order valence-corrected chi connectivity index (χ3v) is 3.88. The van der Waals surface area contributed by atoms with Crippen molar-refractivity contribution in [2.75, 3.05) is 0 Å². The Bertz CT molecular complexity index is 609. The van der Waals surface area contributed by atoms with Crippen LogP contribution in [0.4, 0.5) is 0 Å². The average molecular weight is 272 g/mol. The quantitative estimate of drug-likeness (QED) is 0.839. The summed E-state index contributed by atoms with van der Waals surface area (Å²) in [4.78, 5) is 14.4. The number of nitrogens with zero attached hydrogens (tertiary/aromatic N) is 2. The van der Waals surface area contributed by atoms with E-state index in [-0.39, 0.29) is 5.91 Å². The Morgan fingerprint density at radius 2 is 2.20 bits per heavy atom. The molecular weight excluding hydrogens is 256 g/mol. The van der Waals surface area contributed by atoms with Gasteiger partial charge in [-0.15, -0.1) is 0 Å². The first-order chi connectivity index (χ1) is 9.81. The molecule has 0 aromatic carbocycles. The summed E-state index contributed by atoms with van der Waals surface area (Å²) in [6.07, 6.45) is 6.02. The standard InChI is InChI=1S/C15H16N2O3/c18-15(13-8-14(20-16-13)10-3-4-10)17(11-5-6-11)9-12-2-1-7-19-12/h1-2,7-8,10-11H,3-6,9H2. The molecule has 0 radical (unpaired) electrons. The predicted octanol–water partition coefficient (Wildman–Crippen LogP) is 2.95. The van der Waals surface area contributed by atoms with Crippen molar-refractivity contribution in [3.05, 3.63) is 41.7 Å². The highest BCUT2D eigenvalue weighted by molar-refractivity contribution is 5.92. The van der Waals surface area contributed by atoms with Gasteiger partial charge in [-0.3, -0.25) is 4.79 Å². The van der Waals surface area contributed by atoms with Crippen molar-refractivity contribution in [2.45, 2.75) is 44.2 Å². The van der Waals surface area contributed by atoms with Crippen molar-refractivity contribution in [1.82, 2.24) is 10.1 Å². The lowest BCUT2D eigenvalue weighted by Crippen LogP contribution is -2.32. The molecule has 2 aromatic rings. The van der Waals surface area contributed by atoms with Gasteiger partial charge < -0.3 is 13.8 Å². The number of aromatic nitrogens is 1. The second-order valence-corrected chi connectivity index (χ2v) is 5.63. The van der Waals surface area contributed by atoms with E-state index in [2.05, 4.69) is 5.16 Å². The van der Waals surface area contributed by atoms with Gasteiger partial charge in [-0.05, 0) is 37.8 Å².